The third-order valence-electron chi connectivity index (χ3n) is 2.26. The summed E-state index contributed by atoms with van der Waals surface area (Å²) in [6, 6.07) is 2.03. The summed E-state index contributed by atoms with van der Waals surface area (Å²) >= 11 is 0. The smallest absolute Gasteiger partial charge is 0.0503 e. The molecule has 1 heterocycles. The Balaban J connectivity index is 2.58. The standard InChI is InChI=1S/C11H18N2OS/c1-9-5-11(7-13-6-9)8-15(14)10(2)3-4-12/h5-7,10H,3-4,8,12H2,1-2H3. The molecule has 0 fully saturated rings. The maximum Gasteiger partial charge on any atom is 0.0503 e. The van der Waals surface area contributed by atoms with E-state index < -0.39 is 10.8 Å². The lowest BCUT2D eigenvalue weighted by atomic mass is 10.2. The van der Waals surface area contributed by atoms with E-state index in [1.807, 2.05) is 19.9 Å². The topological polar surface area (TPSA) is 56.0 Å². The fourth-order valence-electron chi connectivity index (χ4n) is 1.37. The molecule has 84 valence electrons. The third-order valence-corrected chi connectivity index (χ3v) is 4.01. The van der Waals surface area contributed by atoms with Crippen LogP contribution in [0.1, 0.15) is 24.5 Å². The molecule has 0 amide bonds. The van der Waals surface area contributed by atoms with Crippen LogP contribution in [0.5, 0.6) is 0 Å². The Hall–Kier alpha value is -0.740. The van der Waals surface area contributed by atoms with Crippen LogP contribution in [-0.4, -0.2) is 21.0 Å². The Morgan fingerprint density at radius 2 is 2.27 bits per heavy atom. The Bertz CT molecular complexity index is 341. The molecule has 0 aliphatic rings. The molecule has 3 nitrogen and oxygen atoms in total. The van der Waals surface area contributed by atoms with Crippen LogP contribution in [0.2, 0.25) is 0 Å². The van der Waals surface area contributed by atoms with Gasteiger partial charge in [0.15, 0.2) is 0 Å². The zero-order valence-electron chi connectivity index (χ0n) is 9.27. The van der Waals surface area contributed by atoms with E-state index in [-0.39, 0.29) is 5.25 Å². The molecule has 2 N–H and O–H groups in total. The summed E-state index contributed by atoms with van der Waals surface area (Å²) in [4.78, 5) is 4.08. The predicted octanol–water partition coefficient (Wildman–Crippen LogP) is 1.38. The van der Waals surface area contributed by atoms with E-state index in [9.17, 15) is 4.21 Å². The molecule has 0 radical (unpaired) electrons. The van der Waals surface area contributed by atoms with Crippen LogP contribution >= 0.6 is 0 Å². The molecule has 1 rings (SSSR count). The molecule has 0 aliphatic carbocycles. The Morgan fingerprint density at radius 1 is 1.53 bits per heavy atom. The highest BCUT2D eigenvalue weighted by Crippen LogP contribution is 2.09. The third kappa shape index (κ3) is 4.10. The molecule has 0 saturated carbocycles. The molecule has 0 aromatic carbocycles. The molecule has 0 bridgehead atoms. The summed E-state index contributed by atoms with van der Waals surface area (Å²) in [5.41, 5.74) is 7.58. The zero-order valence-corrected chi connectivity index (χ0v) is 10.1. The van der Waals surface area contributed by atoms with Gasteiger partial charge in [0.1, 0.15) is 0 Å². The number of hydrogen-bond donors (Lipinski definition) is 1. The van der Waals surface area contributed by atoms with Gasteiger partial charge in [0.25, 0.3) is 0 Å². The van der Waals surface area contributed by atoms with Crippen molar-refractivity contribution >= 4 is 10.8 Å². The second kappa shape index (κ2) is 5.98. The van der Waals surface area contributed by atoms with E-state index in [4.69, 9.17) is 5.73 Å². The molecular weight excluding hydrogens is 208 g/mol. The Kier molecular flexibility index (Phi) is 4.91. The SMILES string of the molecule is Cc1cncc(CS(=O)C(C)CCN)c1. The molecule has 0 aliphatic heterocycles. The van der Waals surface area contributed by atoms with Crippen LogP contribution in [0.25, 0.3) is 0 Å². The van der Waals surface area contributed by atoms with Gasteiger partial charge in [-0.05, 0) is 31.0 Å². The second-order valence-corrected chi connectivity index (χ2v) is 5.64. The lowest BCUT2D eigenvalue weighted by Gasteiger charge is -2.09. The first kappa shape index (κ1) is 12.3. The van der Waals surface area contributed by atoms with Gasteiger partial charge in [0.2, 0.25) is 0 Å². The van der Waals surface area contributed by atoms with E-state index in [1.54, 1.807) is 12.4 Å². The number of pyridine rings is 1. The summed E-state index contributed by atoms with van der Waals surface area (Å²) in [7, 11) is -0.844. The van der Waals surface area contributed by atoms with Crippen molar-refractivity contribution in [2.75, 3.05) is 6.54 Å². The normalized spacial score (nSPS) is 14.9. The molecule has 2 unspecified atom stereocenters. The van der Waals surface area contributed by atoms with Crippen molar-refractivity contribution in [1.82, 2.24) is 4.98 Å². The number of rotatable bonds is 5. The monoisotopic (exact) mass is 226 g/mol. The summed E-state index contributed by atoms with van der Waals surface area (Å²) in [6.45, 7) is 4.56. The van der Waals surface area contributed by atoms with E-state index >= 15 is 0 Å². The summed E-state index contributed by atoms with van der Waals surface area (Å²) in [5.74, 6) is 0.579. The average Bonchev–Trinajstić information content (AvgIpc) is 2.18. The van der Waals surface area contributed by atoms with E-state index in [0.717, 1.165) is 17.5 Å². The predicted molar refractivity (Wildman–Crippen MR) is 64.0 cm³/mol. The fraction of sp³-hybridized carbons (Fsp3) is 0.545. The first-order valence-electron chi connectivity index (χ1n) is 5.11. The van der Waals surface area contributed by atoms with Gasteiger partial charge in [-0.1, -0.05) is 13.0 Å². The molecule has 1 aromatic heterocycles. The Morgan fingerprint density at radius 3 is 2.87 bits per heavy atom. The molecule has 0 spiro atoms. The van der Waals surface area contributed by atoms with Crippen molar-refractivity contribution in [3.8, 4) is 0 Å². The lowest BCUT2D eigenvalue weighted by molar-refractivity contribution is 0.665. The Labute approximate surface area is 93.6 Å². The molecular formula is C11H18N2OS. The number of aryl methyl sites for hydroxylation is 1. The molecule has 0 saturated heterocycles. The van der Waals surface area contributed by atoms with Gasteiger partial charge < -0.3 is 5.73 Å². The number of aromatic nitrogens is 1. The summed E-state index contributed by atoms with van der Waals surface area (Å²) in [6.07, 6.45) is 4.39. The van der Waals surface area contributed by atoms with Gasteiger partial charge >= 0.3 is 0 Å². The molecule has 2 atom stereocenters. The van der Waals surface area contributed by atoms with Crippen LogP contribution in [0.4, 0.5) is 0 Å². The maximum atomic E-state index is 11.8. The van der Waals surface area contributed by atoms with Gasteiger partial charge in [-0.3, -0.25) is 9.19 Å². The quantitative estimate of drug-likeness (QED) is 0.825. The number of nitrogens with two attached hydrogens (primary N) is 1. The number of hydrogen-bond acceptors (Lipinski definition) is 3. The van der Waals surface area contributed by atoms with Gasteiger partial charge in [-0.25, -0.2) is 0 Å². The van der Waals surface area contributed by atoms with E-state index in [1.165, 1.54) is 0 Å². The summed E-state index contributed by atoms with van der Waals surface area (Å²) < 4.78 is 11.8. The van der Waals surface area contributed by atoms with Crippen molar-refractivity contribution < 1.29 is 4.21 Å². The van der Waals surface area contributed by atoms with Crippen molar-refractivity contribution in [3.63, 3.8) is 0 Å². The van der Waals surface area contributed by atoms with Crippen LogP contribution < -0.4 is 5.73 Å². The minimum Gasteiger partial charge on any atom is -0.330 e. The number of nitrogens with zero attached hydrogens (tertiary/aromatic N) is 1. The van der Waals surface area contributed by atoms with Crippen LogP contribution in [0.15, 0.2) is 18.5 Å². The van der Waals surface area contributed by atoms with E-state index in [0.29, 0.717) is 12.3 Å². The van der Waals surface area contributed by atoms with E-state index in [2.05, 4.69) is 4.98 Å². The van der Waals surface area contributed by atoms with Crippen molar-refractivity contribution in [1.29, 1.82) is 0 Å². The van der Waals surface area contributed by atoms with Crippen molar-refractivity contribution in [2.45, 2.75) is 31.3 Å². The average molecular weight is 226 g/mol. The first-order chi connectivity index (χ1) is 7.13. The van der Waals surface area contributed by atoms with Crippen molar-refractivity contribution in [2.24, 2.45) is 5.73 Å². The van der Waals surface area contributed by atoms with Gasteiger partial charge in [0, 0.05) is 28.4 Å². The second-order valence-electron chi connectivity index (χ2n) is 3.78. The minimum absolute atomic E-state index is 0.163. The summed E-state index contributed by atoms with van der Waals surface area (Å²) in [5, 5.41) is 0.163. The van der Waals surface area contributed by atoms with Crippen LogP contribution in [0, 0.1) is 6.92 Å². The lowest BCUT2D eigenvalue weighted by Crippen LogP contribution is -2.17. The van der Waals surface area contributed by atoms with Gasteiger partial charge in [-0.15, -0.1) is 0 Å². The highest BCUT2D eigenvalue weighted by molar-refractivity contribution is 7.84. The largest absolute Gasteiger partial charge is 0.330 e. The zero-order chi connectivity index (χ0) is 11.3. The molecule has 1 aromatic rings. The highest BCUT2D eigenvalue weighted by Gasteiger charge is 2.10. The minimum atomic E-state index is -0.844. The van der Waals surface area contributed by atoms with Gasteiger partial charge in [-0.2, -0.15) is 0 Å². The van der Waals surface area contributed by atoms with Crippen molar-refractivity contribution in [3.05, 3.63) is 29.6 Å². The van der Waals surface area contributed by atoms with Gasteiger partial charge in [0.05, 0.1) is 5.75 Å². The highest BCUT2D eigenvalue weighted by atomic mass is 32.2. The fourth-order valence-corrected chi connectivity index (χ4v) is 2.54. The first-order valence-corrected chi connectivity index (χ1v) is 6.49. The molecule has 4 heteroatoms. The molecule has 15 heavy (non-hydrogen) atoms. The van der Waals surface area contributed by atoms with Crippen LogP contribution in [0.3, 0.4) is 0 Å². The maximum absolute atomic E-state index is 11.8. The van der Waals surface area contributed by atoms with Crippen LogP contribution in [-0.2, 0) is 16.6 Å².